The zero-order valence-corrected chi connectivity index (χ0v) is 16.4. The van der Waals surface area contributed by atoms with Gasteiger partial charge < -0.3 is 9.47 Å². The van der Waals surface area contributed by atoms with Gasteiger partial charge in [-0.05, 0) is 55.3 Å². The molecule has 2 aromatic rings. The van der Waals surface area contributed by atoms with E-state index in [9.17, 15) is 18.0 Å². The molecule has 0 bridgehead atoms. The molecule has 0 aliphatic rings. The van der Waals surface area contributed by atoms with Crippen LogP contribution in [-0.2, 0) is 26.0 Å². The number of hydrogen-bond donors (Lipinski definition) is 2. The lowest BCUT2D eigenvalue weighted by Gasteiger charge is -2.10. The van der Waals surface area contributed by atoms with Gasteiger partial charge in [0.2, 0.25) is 0 Å². The summed E-state index contributed by atoms with van der Waals surface area (Å²) >= 11 is 0. The highest BCUT2D eigenvalue weighted by atomic mass is 32.2. The molecule has 0 aliphatic heterocycles. The van der Waals surface area contributed by atoms with Crippen molar-refractivity contribution in [1.29, 1.82) is 0 Å². The van der Waals surface area contributed by atoms with Crippen LogP contribution in [0.3, 0.4) is 0 Å². The van der Waals surface area contributed by atoms with E-state index in [-0.39, 0.29) is 23.7 Å². The number of hydrogen-bond acceptors (Lipinski definition) is 6. The highest BCUT2D eigenvalue weighted by Gasteiger charge is 2.16. The number of ether oxygens (including phenoxy) is 2. The van der Waals surface area contributed by atoms with Crippen LogP contribution in [-0.4, -0.2) is 33.5 Å². The van der Waals surface area contributed by atoms with Gasteiger partial charge >= 0.3 is 5.97 Å². The van der Waals surface area contributed by atoms with Gasteiger partial charge in [-0.2, -0.15) is 0 Å². The van der Waals surface area contributed by atoms with Gasteiger partial charge in [-0.3, -0.25) is 10.2 Å². The molecular formula is C19H22N2O6S. The van der Waals surface area contributed by atoms with Gasteiger partial charge in [0.25, 0.3) is 15.9 Å². The number of hydrazine groups is 1. The Kier molecular flexibility index (Phi) is 7.53. The van der Waals surface area contributed by atoms with Gasteiger partial charge in [-0.1, -0.05) is 19.1 Å². The molecule has 9 heteroatoms. The topological polar surface area (TPSA) is 111 Å². The monoisotopic (exact) mass is 406 g/mol. The normalized spacial score (nSPS) is 10.9. The fraction of sp³-hybridized carbons (Fsp3) is 0.263. The molecule has 0 fully saturated rings. The van der Waals surface area contributed by atoms with Crippen molar-refractivity contribution in [3.8, 4) is 5.75 Å². The number of amides is 1. The van der Waals surface area contributed by atoms with Crippen molar-refractivity contribution in [2.45, 2.75) is 25.2 Å². The zero-order chi connectivity index (χ0) is 20.6. The molecule has 150 valence electrons. The van der Waals surface area contributed by atoms with Crippen LogP contribution in [0, 0.1) is 0 Å². The Morgan fingerprint density at radius 1 is 0.964 bits per heavy atom. The Bertz CT molecular complexity index is 908. The van der Waals surface area contributed by atoms with Crippen LogP contribution in [0.5, 0.6) is 5.75 Å². The summed E-state index contributed by atoms with van der Waals surface area (Å²) < 4.78 is 34.5. The molecule has 0 heterocycles. The predicted molar refractivity (Wildman–Crippen MR) is 102 cm³/mol. The summed E-state index contributed by atoms with van der Waals surface area (Å²) in [6.45, 7) is 3.57. The van der Waals surface area contributed by atoms with Gasteiger partial charge in [-0.15, -0.1) is 4.83 Å². The maximum atomic E-state index is 12.2. The molecule has 0 unspecified atom stereocenters. The van der Waals surface area contributed by atoms with Crippen LogP contribution >= 0.6 is 0 Å². The number of carbonyl (C=O) groups excluding carboxylic acids is 2. The molecule has 0 saturated carbocycles. The molecule has 28 heavy (non-hydrogen) atoms. The number of aryl methyl sites for hydroxylation is 1. The third-order valence-electron chi connectivity index (χ3n) is 3.70. The number of esters is 1. The molecule has 0 spiro atoms. The quantitative estimate of drug-likeness (QED) is 0.485. The third-order valence-corrected chi connectivity index (χ3v) is 4.97. The van der Waals surface area contributed by atoms with Gasteiger partial charge in [0.05, 0.1) is 17.1 Å². The van der Waals surface area contributed by atoms with Gasteiger partial charge in [0, 0.05) is 0 Å². The van der Waals surface area contributed by atoms with E-state index in [2.05, 4.69) is 5.43 Å². The third kappa shape index (κ3) is 6.07. The fourth-order valence-corrected chi connectivity index (χ4v) is 3.03. The van der Waals surface area contributed by atoms with Crippen molar-refractivity contribution in [1.82, 2.24) is 10.3 Å². The van der Waals surface area contributed by atoms with E-state index in [0.717, 1.165) is 12.0 Å². The van der Waals surface area contributed by atoms with E-state index in [1.807, 2.05) is 23.9 Å². The Labute approximate surface area is 163 Å². The maximum absolute atomic E-state index is 12.2. The molecule has 0 radical (unpaired) electrons. The first-order chi connectivity index (χ1) is 13.4. The first-order valence-corrected chi connectivity index (χ1v) is 10.1. The molecule has 1 amide bonds. The molecule has 2 N–H and O–H groups in total. The van der Waals surface area contributed by atoms with Crippen molar-refractivity contribution >= 4 is 21.9 Å². The summed E-state index contributed by atoms with van der Waals surface area (Å²) in [6, 6.07) is 12.4. The van der Waals surface area contributed by atoms with E-state index in [1.54, 1.807) is 19.1 Å². The molecular weight excluding hydrogens is 384 g/mol. The second kappa shape index (κ2) is 9.86. The van der Waals surface area contributed by atoms with E-state index in [0.29, 0.717) is 5.75 Å². The van der Waals surface area contributed by atoms with Crippen molar-refractivity contribution in [3.63, 3.8) is 0 Å². The average Bonchev–Trinajstić information content (AvgIpc) is 2.71. The number of carbonyl (C=O) groups is 2. The van der Waals surface area contributed by atoms with Gasteiger partial charge in [-0.25, -0.2) is 13.2 Å². The van der Waals surface area contributed by atoms with Crippen molar-refractivity contribution in [3.05, 3.63) is 59.7 Å². The van der Waals surface area contributed by atoms with E-state index in [1.165, 1.54) is 24.3 Å². The smallest absolute Gasteiger partial charge is 0.338 e. The minimum atomic E-state index is -3.99. The summed E-state index contributed by atoms with van der Waals surface area (Å²) in [6.07, 6.45) is 0.892. The minimum Gasteiger partial charge on any atom is -0.484 e. The summed E-state index contributed by atoms with van der Waals surface area (Å²) in [5, 5.41) is 0. The number of rotatable bonds is 9. The minimum absolute atomic E-state index is 0.114. The molecule has 0 aliphatic carbocycles. The standard InChI is InChI=1S/C19H22N2O6S/c1-3-14-5-9-16(10-6-14)27-13-18(22)20-21-28(24,25)17-11-7-15(8-12-17)19(23)26-4-2/h5-12,21H,3-4,13H2,1-2H3,(H,20,22). The SMILES string of the molecule is CCOC(=O)c1ccc(S(=O)(=O)NNC(=O)COc2ccc(CC)cc2)cc1. The number of nitrogens with one attached hydrogen (secondary N) is 2. The Morgan fingerprint density at radius 2 is 1.61 bits per heavy atom. The average molecular weight is 406 g/mol. The predicted octanol–water partition coefficient (Wildman–Crippen LogP) is 1.81. The number of sulfonamides is 1. The van der Waals surface area contributed by atoms with Crippen molar-refractivity contribution in [2.24, 2.45) is 0 Å². The first kappa shape index (κ1) is 21.4. The maximum Gasteiger partial charge on any atom is 0.338 e. The van der Waals surface area contributed by atoms with Crippen LogP contribution in [0.4, 0.5) is 0 Å². The Balaban J connectivity index is 1.87. The van der Waals surface area contributed by atoms with Crippen LogP contribution in [0.15, 0.2) is 53.4 Å². The largest absolute Gasteiger partial charge is 0.484 e. The number of benzene rings is 2. The molecule has 0 aromatic heterocycles. The molecule has 0 atom stereocenters. The molecule has 0 saturated heterocycles. The first-order valence-electron chi connectivity index (χ1n) is 8.65. The second-order valence-corrected chi connectivity index (χ2v) is 7.37. The summed E-state index contributed by atoms with van der Waals surface area (Å²) in [7, 11) is -3.99. The highest BCUT2D eigenvalue weighted by Crippen LogP contribution is 2.13. The Morgan fingerprint density at radius 3 is 2.18 bits per heavy atom. The lowest BCUT2D eigenvalue weighted by atomic mass is 10.2. The summed E-state index contributed by atoms with van der Waals surface area (Å²) in [4.78, 5) is 25.3. The highest BCUT2D eigenvalue weighted by molar-refractivity contribution is 7.89. The van der Waals surface area contributed by atoms with E-state index in [4.69, 9.17) is 9.47 Å². The van der Waals surface area contributed by atoms with Crippen LogP contribution < -0.4 is 15.0 Å². The lowest BCUT2D eigenvalue weighted by molar-refractivity contribution is -0.123. The molecule has 2 rings (SSSR count). The summed E-state index contributed by atoms with van der Waals surface area (Å²) in [5.41, 5.74) is 3.44. The second-order valence-electron chi connectivity index (χ2n) is 5.68. The van der Waals surface area contributed by atoms with Gasteiger partial charge in [0.1, 0.15) is 5.75 Å². The molecule has 2 aromatic carbocycles. The Hall–Kier alpha value is -2.91. The summed E-state index contributed by atoms with van der Waals surface area (Å²) in [5.74, 6) is -0.701. The van der Waals surface area contributed by atoms with Crippen molar-refractivity contribution < 1.29 is 27.5 Å². The zero-order valence-electron chi connectivity index (χ0n) is 15.6. The van der Waals surface area contributed by atoms with Crippen LogP contribution in [0.2, 0.25) is 0 Å². The van der Waals surface area contributed by atoms with E-state index < -0.39 is 21.9 Å². The molecule has 8 nitrogen and oxygen atoms in total. The fourth-order valence-electron chi connectivity index (χ4n) is 2.17. The van der Waals surface area contributed by atoms with Crippen LogP contribution in [0.25, 0.3) is 0 Å². The van der Waals surface area contributed by atoms with E-state index >= 15 is 0 Å². The van der Waals surface area contributed by atoms with Crippen molar-refractivity contribution in [2.75, 3.05) is 13.2 Å². The van der Waals surface area contributed by atoms with Gasteiger partial charge in [0.15, 0.2) is 6.61 Å². The lowest BCUT2D eigenvalue weighted by Crippen LogP contribution is -2.43. The van der Waals surface area contributed by atoms with Crippen LogP contribution in [0.1, 0.15) is 29.8 Å².